The van der Waals surface area contributed by atoms with E-state index in [4.69, 9.17) is 14.5 Å². The minimum absolute atomic E-state index is 0.0993. The summed E-state index contributed by atoms with van der Waals surface area (Å²) in [6, 6.07) is 10.9. The van der Waals surface area contributed by atoms with Gasteiger partial charge in [-0.1, -0.05) is 18.2 Å². The van der Waals surface area contributed by atoms with Crippen molar-refractivity contribution in [3.8, 4) is 16.9 Å². The highest BCUT2D eigenvalue weighted by atomic mass is 19.3. The van der Waals surface area contributed by atoms with E-state index in [9.17, 15) is 13.9 Å². The maximum atomic E-state index is 13.1. The van der Waals surface area contributed by atoms with Gasteiger partial charge in [-0.3, -0.25) is 0 Å². The molecule has 8 nitrogen and oxygen atoms in total. The van der Waals surface area contributed by atoms with Gasteiger partial charge in [-0.2, -0.15) is 8.78 Å². The number of morpholine rings is 1. The predicted molar refractivity (Wildman–Crippen MR) is 131 cm³/mol. The van der Waals surface area contributed by atoms with Crippen molar-refractivity contribution in [3.63, 3.8) is 0 Å². The zero-order valence-corrected chi connectivity index (χ0v) is 20.1. The second kappa shape index (κ2) is 8.19. The molecule has 1 aliphatic carbocycles. The van der Waals surface area contributed by atoms with Crippen LogP contribution in [0.2, 0.25) is 0 Å². The van der Waals surface area contributed by atoms with Crippen molar-refractivity contribution in [2.24, 2.45) is 0 Å². The molecule has 0 saturated carbocycles. The third-order valence-electron chi connectivity index (χ3n) is 7.74. The molecule has 10 heteroatoms. The summed E-state index contributed by atoms with van der Waals surface area (Å²) in [6.45, 7) is 0.296. The highest BCUT2D eigenvalue weighted by Gasteiger charge is 2.45. The van der Waals surface area contributed by atoms with Crippen molar-refractivity contribution in [3.05, 3.63) is 71.9 Å². The molecular weight excluding hydrogens is 480 g/mol. The average molecular weight is 506 g/mol. The number of ether oxygens (including phenoxy) is 2. The summed E-state index contributed by atoms with van der Waals surface area (Å²) in [5.74, 6) is 0.426. The van der Waals surface area contributed by atoms with Crippen LogP contribution in [0.15, 0.2) is 55.0 Å². The first-order valence-corrected chi connectivity index (χ1v) is 12.4. The summed E-state index contributed by atoms with van der Waals surface area (Å²) in [5, 5.41) is 11.2. The fraction of sp³-hybridized carbons (Fsp3) is 0.370. The van der Waals surface area contributed by atoms with Crippen LogP contribution in [0.1, 0.15) is 42.6 Å². The largest absolute Gasteiger partial charge is 0.435 e. The second-order valence-corrected chi connectivity index (χ2v) is 10.2. The molecule has 2 aliphatic heterocycles. The molecule has 0 radical (unpaired) electrons. The molecule has 2 bridgehead atoms. The lowest BCUT2D eigenvalue weighted by Crippen LogP contribution is -2.38. The molecule has 4 atom stereocenters. The topological polar surface area (TPSA) is 85.0 Å². The predicted octanol–water partition coefficient (Wildman–Crippen LogP) is 4.11. The molecule has 3 aromatic heterocycles. The Balaban J connectivity index is 1.28. The fourth-order valence-electron chi connectivity index (χ4n) is 6.05. The molecule has 2 saturated heterocycles. The van der Waals surface area contributed by atoms with Gasteiger partial charge in [0.05, 0.1) is 30.1 Å². The maximum Gasteiger partial charge on any atom is 0.387 e. The number of imidazole rings is 1. The van der Waals surface area contributed by atoms with Crippen LogP contribution in [0.4, 0.5) is 14.7 Å². The zero-order chi connectivity index (χ0) is 25.3. The minimum Gasteiger partial charge on any atom is -0.435 e. The summed E-state index contributed by atoms with van der Waals surface area (Å²) in [6.07, 6.45) is 7.15. The number of pyridine rings is 1. The lowest BCUT2D eigenvalue weighted by molar-refractivity contribution is -0.0506. The summed E-state index contributed by atoms with van der Waals surface area (Å²) in [7, 11) is 0. The molecule has 190 valence electrons. The van der Waals surface area contributed by atoms with E-state index in [1.807, 2.05) is 35.1 Å². The Morgan fingerprint density at radius 1 is 1.14 bits per heavy atom. The highest BCUT2D eigenvalue weighted by Crippen LogP contribution is 2.49. The molecular formula is C27H25F2N5O3. The number of alkyl halides is 2. The van der Waals surface area contributed by atoms with Gasteiger partial charge in [-0.25, -0.2) is 15.0 Å². The second-order valence-electron chi connectivity index (χ2n) is 10.2. The van der Waals surface area contributed by atoms with Gasteiger partial charge in [0.25, 0.3) is 0 Å². The van der Waals surface area contributed by atoms with E-state index in [1.54, 1.807) is 25.1 Å². The lowest BCUT2D eigenvalue weighted by atomic mass is 9.93. The van der Waals surface area contributed by atoms with Crippen LogP contribution in [0.3, 0.4) is 0 Å². The number of hydrogen-bond donors (Lipinski definition) is 1. The van der Waals surface area contributed by atoms with Gasteiger partial charge in [0.1, 0.15) is 17.0 Å². The van der Waals surface area contributed by atoms with Crippen LogP contribution in [-0.2, 0) is 10.3 Å². The Hall–Kier alpha value is -3.63. The van der Waals surface area contributed by atoms with Crippen LogP contribution in [0.25, 0.3) is 16.8 Å². The Morgan fingerprint density at radius 2 is 1.95 bits per heavy atom. The summed E-state index contributed by atoms with van der Waals surface area (Å²) < 4.78 is 38.7. The van der Waals surface area contributed by atoms with Crippen molar-refractivity contribution in [1.82, 2.24) is 19.4 Å². The van der Waals surface area contributed by atoms with E-state index >= 15 is 0 Å². The first-order chi connectivity index (χ1) is 17.9. The first-order valence-electron chi connectivity index (χ1n) is 12.4. The lowest BCUT2D eigenvalue weighted by Gasteiger charge is -2.26. The van der Waals surface area contributed by atoms with Crippen LogP contribution in [0, 0.1) is 0 Å². The van der Waals surface area contributed by atoms with Crippen molar-refractivity contribution < 1.29 is 23.4 Å². The van der Waals surface area contributed by atoms with Crippen molar-refractivity contribution in [2.45, 2.75) is 50.0 Å². The monoisotopic (exact) mass is 505 g/mol. The molecule has 1 N–H and O–H groups in total. The number of anilines is 1. The number of para-hydroxylation sites is 1. The van der Waals surface area contributed by atoms with Gasteiger partial charge < -0.3 is 23.9 Å². The van der Waals surface area contributed by atoms with E-state index in [1.165, 1.54) is 6.07 Å². The van der Waals surface area contributed by atoms with Crippen LogP contribution in [0.5, 0.6) is 5.75 Å². The average Bonchev–Trinajstić information content (AvgIpc) is 3.65. The molecule has 0 amide bonds. The summed E-state index contributed by atoms with van der Waals surface area (Å²) in [5.41, 5.74) is 3.07. The van der Waals surface area contributed by atoms with Crippen LogP contribution < -0.4 is 9.64 Å². The minimum atomic E-state index is -2.94. The van der Waals surface area contributed by atoms with Crippen LogP contribution >= 0.6 is 0 Å². The molecule has 0 spiro atoms. The number of benzene rings is 1. The van der Waals surface area contributed by atoms with E-state index in [-0.39, 0.29) is 17.8 Å². The van der Waals surface area contributed by atoms with Gasteiger partial charge in [-0.05, 0) is 38.0 Å². The quantitative estimate of drug-likeness (QED) is 0.437. The number of hydrogen-bond acceptors (Lipinski definition) is 7. The number of aromatic nitrogens is 4. The van der Waals surface area contributed by atoms with E-state index < -0.39 is 12.2 Å². The van der Waals surface area contributed by atoms with E-state index in [0.29, 0.717) is 41.9 Å². The number of halogens is 2. The molecule has 37 heavy (non-hydrogen) atoms. The Kier molecular flexibility index (Phi) is 4.99. The Morgan fingerprint density at radius 3 is 2.68 bits per heavy atom. The number of aliphatic hydroxyl groups is 1. The number of fused-ring (bicyclic) bond motifs is 5. The van der Waals surface area contributed by atoms with Gasteiger partial charge in [0.15, 0.2) is 0 Å². The molecule has 1 aromatic carbocycles. The van der Waals surface area contributed by atoms with Crippen molar-refractivity contribution in [1.29, 1.82) is 0 Å². The molecule has 4 aromatic rings. The highest BCUT2D eigenvalue weighted by molar-refractivity contribution is 5.65. The molecule has 3 aliphatic rings. The Labute approximate surface area is 211 Å². The van der Waals surface area contributed by atoms with E-state index in [0.717, 1.165) is 29.8 Å². The normalized spacial score (nSPS) is 26.4. The smallest absolute Gasteiger partial charge is 0.387 e. The molecule has 5 heterocycles. The zero-order valence-electron chi connectivity index (χ0n) is 20.1. The standard InChI is InChI=1S/C27H25F2N5O3/c1-27(35)9-20(19-4-2-3-5-21(19)37-25(28)29)23-24(27)32-22-7-6-15(12-34(22)23)16-10-30-26(31-11-16)33-13-18-8-17(33)14-36-18/h2-7,10-12,17-18,20,25,35H,8-9,13-14H2,1H3/t17-,18-,20+,27-/m0/s1. The fourth-order valence-corrected chi connectivity index (χ4v) is 6.05. The molecule has 0 unspecified atom stereocenters. The van der Waals surface area contributed by atoms with Gasteiger partial charge in [0.2, 0.25) is 5.95 Å². The first kappa shape index (κ1) is 22.6. The summed E-state index contributed by atoms with van der Waals surface area (Å²) >= 11 is 0. The SMILES string of the molecule is C[C@]1(O)C[C@H](c2ccccc2OC(F)F)c2c1nc1ccc(-c3cnc(N4C[C@@H]5C[C@H]4CO5)nc3)cn21. The van der Waals surface area contributed by atoms with Crippen molar-refractivity contribution >= 4 is 11.6 Å². The third-order valence-corrected chi connectivity index (χ3v) is 7.74. The summed E-state index contributed by atoms with van der Waals surface area (Å²) in [4.78, 5) is 16.2. The Bertz CT molecular complexity index is 1490. The van der Waals surface area contributed by atoms with Gasteiger partial charge in [-0.15, -0.1) is 0 Å². The van der Waals surface area contributed by atoms with Crippen LogP contribution in [-0.4, -0.2) is 56.4 Å². The molecule has 7 rings (SSSR count). The maximum absolute atomic E-state index is 13.1. The van der Waals surface area contributed by atoms with Crippen molar-refractivity contribution in [2.75, 3.05) is 18.1 Å². The van der Waals surface area contributed by atoms with Gasteiger partial charge in [0, 0.05) is 47.7 Å². The van der Waals surface area contributed by atoms with E-state index in [2.05, 4.69) is 14.9 Å². The third kappa shape index (κ3) is 3.66. The van der Waals surface area contributed by atoms with Gasteiger partial charge >= 0.3 is 6.61 Å². The molecule has 2 fully saturated rings. The number of nitrogens with zero attached hydrogens (tertiary/aromatic N) is 5. The number of rotatable bonds is 5.